The van der Waals surface area contributed by atoms with Crippen molar-refractivity contribution in [2.24, 2.45) is 0 Å². The van der Waals surface area contributed by atoms with Gasteiger partial charge in [-0.15, -0.1) is 0 Å². The van der Waals surface area contributed by atoms with E-state index in [1.165, 1.54) is 0 Å². The second-order valence-electron chi connectivity index (χ2n) is 19.5. The van der Waals surface area contributed by atoms with Crippen molar-refractivity contribution in [2.75, 3.05) is 14.7 Å². The van der Waals surface area contributed by atoms with E-state index in [-0.39, 0.29) is 5.69 Å². The Bertz CT molecular complexity index is 3440. The van der Waals surface area contributed by atoms with Crippen LogP contribution in [-0.2, 0) is 11.1 Å². The number of nitrogens with zero attached hydrogens (tertiary/aromatic N) is 5. The summed E-state index contributed by atoms with van der Waals surface area (Å²) in [5.74, 6) is 0. The Morgan fingerprint density at radius 2 is 0.712 bits per heavy atom. The molecule has 0 N–H and O–H groups in total. The van der Waals surface area contributed by atoms with Crippen molar-refractivity contribution in [1.82, 2.24) is 0 Å². The van der Waals surface area contributed by atoms with Crippen LogP contribution in [0.15, 0.2) is 249 Å². The first-order chi connectivity index (χ1) is 35.7. The summed E-state index contributed by atoms with van der Waals surface area (Å²) in [6, 6.07) is 89.2. The average Bonchev–Trinajstić information content (AvgIpc) is 3.62. The first kappa shape index (κ1) is 46.0. The Morgan fingerprint density at radius 3 is 1.10 bits per heavy atom. The highest BCUT2D eigenvalue weighted by Crippen LogP contribution is 2.64. The van der Waals surface area contributed by atoms with Crippen molar-refractivity contribution in [3.8, 4) is 50.6 Å². The van der Waals surface area contributed by atoms with Crippen LogP contribution in [0.2, 0.25) is 0 Å². The van der Waals surface area contributed by atoms with Crippen molar-refractivity contribution < 1.29 is 0 Å². The van der Waals surface area contributed by atoms with E-state index in [4.69, 9.17) is 0 Å². The van der Waals surface area contributed by atoms with E-state index >= 15 is 0 Å². The van der Waals surface area contributed by atoms with Gasteiger partial charge in [0.25, 0.3) is 0 Å². The van der Waals surface area contributed by atoms with E-state index in [0.29, 0.717) is 16.9 Å². The lowest BCUT2D eigenvalue weighted by Crippen LogP contribution is -2.46. The molecule has 1 aliphatic heterocycles. The number of benzene rings is 10. The zero-order valence-corrected chi connectivity index (χ0v) is 41.4. The molecule has 10 aromatic rings. The fourth-order valence-corrected chi connectivity index (χ4v) is 11.3. The molecule has 0 saturated heterocycles. The predicted octanol–water partition coefficient (Wildman–Crippen LogP) is 18.7. The fraction of sp³-hybridized carbons (Fsp3) is 0.0882. The second kappa shape index (κ2) is 19.1. The van der Waals surface area contributed by atoms with E-state index in [1.54, 1.807) is 0 Å². The minimum atomic E-state index is -0.760. The first-order valence-corrected chi connectivity index (χ1v) is 24.8. The van der Waals surface area contributed by atoms with Gasteiger partial charge in [0, 0.05) is 34.0 Å². The van der Waals surface area contributed by atoms with Gasteiger partial charge in [0.1, 0.15) is 0 Å². The monoisotopic (exact) mass is 939 g/mol. The molecule has 0 aromatic heterocycles. The standard InChI is InChI=1S/C68H53N5/c1-67(2)62-63(68(3,4)73(67)58-33-19-10-20-34-58)66(72(57-43-39-53(40-44-57)49-25-13-7-14-26-49)60-36-22-32-55(46-60)51-29-17-9-18-30-51)64(70-5)61(47-69)65(62)71(56-41-37-52(38-42-56)48-23-11-6-12-24-48)59-35-21-31-54(45-59)50-27-15-8-16-28-50/h6-46H,1-4H3. The maximum atomic E-state index is 12.1. The maximum absolute atomic E-state index is 12.1. The maximum Gasteiger partial charge on any atom is 0.230 e. The van der Waals surface area contributed by atoms with E-state index < -0.39 is 11.1 Å². The van der Waals surface area contributed by atoms with Crippen LogP contribution in [0.4, 0.5) is 45.5 Å². The van der Waals surface area contributed by atoms with Crippen LogP contribution >= 0.6 is 0 Å². The molecule has 350 valence electrons. The molecular weight excluding hydrogens is 887 g/mol. The van der Waals surface area contributed by atoms with Gasteiger partial charge in [0.15, 0.2) is 0 Å². The van der Waals surface area contributed by atoms with Crippen LogP contribution < -0.4 is 14.7 Å². The number of para-hydroxylation sites is 1. The molecule has 0 fully saturated rings. The second-order valence-corrected chi connectivity index (χ2v) is 19.5. The van der Waals surface area contributed by atoms with Crippen LogP contribution in [0.5, 0.6) is 0 Å². The molecule has 0 bridgehead atoms. The minimum Gasteiger partial charge on any atom is -0.353 e. The van der Waals surface area contributed by atoms with Crippen LogP contribution in [0.1, 0.15) is 44.4 Å². The van der Waals surface area contributed by atoms with Gasteiger partial charge in [0.2, 0.25) is 5.69 Å². The van der Waals surface area contributed by atoms with Gasteiger partial charge >= 0.3 is 0 Å². The van der Waals surface area contributed by atoms with Crippen LogP contribution in [-0.4, -0.2) is 0 Å². The Balaban J connectivity index is 1.26. The number of fused-ring (bicyclic) bond motifs is 1. The van der Waals surface area contributed by atoms with Crippen molar-refractivity contribution >= 4 is 45.5 Å². The molecule has 0 saturated carbocycles. The molecule has 1 aliphatic rings. The Morgan fingerprint density at radius 1 is 0.384 bits per heavy atom. The lowest BCUT2D eigenvalue weighted by atomic mass is 9.83. The van der Waals surface area contributed by atoms with Gasteiger partial charge in [-0.25, -0.2) is 4.85 Å². The fourth-order valence-electron chi connectivity index (χ4n) is 11.3. The first-order valence-electron chi connectivity index (χ1n) is 24.8. The average molecular weight is 940 g/mol. The SMILES string of the molecule is [C-]#[N+]c1c(C#N)c(N(c2ccc(-c3ccccc3)cc2)c2cccc(-c3ccccc3)c2)c2c(c1N(c1ccc(-c3ccccc3)cc1)c1cccc(-c3ccccc3)c1)C(C)(C)N(c1ccccc1)C2(C)C. The summed E-state index contributed by atoms with van der Waals surface area (Å²) in [7, 11) is 0. The molecule has 10 aromatic carbocycles. The number of anilines is 7. The summed E-state index contributed by atoms with van der Waals surface area (Å²) >= 11 is 0. The Hall–Kier alpha value is -9.42. The van der Waals surface area contributed by atoms with Gasteiger partial charge < -0.3 is 14.7 Å². The van der Waals surface area contributed by atoms with E-state index in [2.05, 4.69) is 278 Å². The van der Waals surface area contributed by atoms with Crippen molar-refractivity contribution in [3.63, 3.8) is 0 Å². The third-order valence-corrected chi connectivity index (χ3v) is 14.3. The summed E-state index contributed by atoms with van der Waals surface area (Å²) in [6.07, 6.45) is 0. The lowest BCUT2D eigenvalue weighted by molar-refractivity contribution is 0.403. The molecule has 73 heavy (non-hydrogen) atoms. The third-order valence-electron chi connectivity index (χ3n) is 14.3. The smallest absolute Gasteiger partial charge is 0.230 e. The molecule has 5 nitrogen and oxygen atoms in total. The molecular formula is C68H53N5. The number of hydrogen-bond donors (Lipinski definition) is 0. The summed E-state index contributed by atoms with van der Waals surface area (Å²) in [5, 5.41) is 12.1. The predicted molar refractivity (Wildman–Crippen MR) is 304 cm³/mol. The zero-order chi connectivity index (χ0) is 50.1. The summed E-state index contributed by atoms with van der Waals surface area (Å²) < 4.78 is 0. The van der Waals surface area contributed by atoms with Crippen LogP contribution in [0.3, 0.4) is 0 Å². The van der Waals surface area contributed by atoms with Crippen LogP contribution in [0, 0.1) is 17.9 Å². The van der Waals surface area contributed by atoms with E-state index in [1.807, 2.05) is 24.3 Å². The van der Waals surface area contributed by atoms with Crippen molar-refractivity contribution in [2.45, 2.75) is 38.8 Å². The molecule has 0 atom stereocenters. The molecule has 11 rings (SSSR count). The minimum absolute atomic E-state index is 0.275. The summed E-state index contributed by atoms with van der Waals surface area (Å²) in [6.45, 7) is 18.5. The number of nitriles is 1. The zero-order valence-electron chi connectivity index (χ0n) is 41.4. The number of hydrogen-bond acceptors (Lipinski definition) is 4. The normalized spacial score (nSPS) is 13.1. The highest BCUT2D eigenvalue weighted by Gasteiger charge is 2.54. The van der Waals surface area contributed by atoms with Crippen LogP contribution in [0.25, 0.3) is 49.4 Å². The quantitative estimate of drug-likeness (QED) is 0.121. The highest BCUT2D eigenvalue weighted by molar-refractivity contribution is 6.01. The third kappa shape index (κ3) is 8.28. The van der Waals surface area contributed by atoms with Gasteiger partial charge in [-0.1, -0.05) is 188 Å². The molecule has 0 amide bonds. The number of rotatable bonds is 11. The molecule has 5 heteroatoms. The van der Waals surface area contributed by atoms with E-state index in [9.17, 15) is 11.8 Å². The molecule has 1 heterocycles. The van der Waals surface area contributed by atoms with Crippen molar-refractivity contribution in [3.05, 3.63) is 277 Å². The van der Waals surface area contributed by atoms with E-state index in [0.717, 1.165) is 84.1 Å². The topological polar surface area (TPSA) is 37.9 Å². The molecule has 0 spiro atoms. The summed E-state index contributed by atoms with van der Waals surface area (Å²) in [5.41, 5.74) is 15.4. The molecule has 0 radical (unpaired) electrons. The largest absolute Gasteiger partial charge is 0.353 e. The Labute approximate surface area is 429 Å². The van der Waals surface area contributed by atoms with Gasteiger partial charge in [-0.2, -0.15) is 5.26 Å². The Kier molecular flexibility index (Phi) is 12.0. The van der Waals surface area contributed by atoms with Gasteiger partial charge in [-0.3, -0.25) is 0 Å². The highest BCUT2D eigenvalue weighted by atomic mass is 15.3. The van der Waals surface area contributed by atoms with Gasteiger partial charge in [-0.05, 0) is 138 Å². The summed E-state index contributed by atoms with van der Waals surface area (Å²) in [4.78, 5) is 11.5. The lowest BCUT2D eigenvalue weighted by Gasteiger charge is -2.44. The molecule has 0 unspecified atom stereocenters. The van der Waals surface area contributed by atoms with Crippen molar-refractivity contribution in [1.29, 1.82) is 5.26 Å². The van der Waals surface area contributed by atoms with Gasteiger partial charge in [0.05, 0.1) is 40.7 Å². The molecule has 0 aliphatic carbocycles.